The second-order valence-electron chi connectivity index (χ2n) is 3.57. The van der Waals surface area contributed by atoms with Gasteiger partial charge in [-0.15, -0.1) is 5.10 Å². The van der Waals surface area contributed by atoms with Crippen LogP contribution in [-0.2, 0) is 7.05 Å². The van der Waals surface area contributed by atoms with Gasteiger partial charge in [-0.1, -0.05) is 5.10 Å². The van der Waals surface area contributed by atoms with Gasteiger partial charge in [-0.2, -0.15) is 4.80 Å². The Morgan fingerprint density at radius 1 is 1.50 bits per heavy atom. The summed E-state index contributed by atoms with van der Waals surface area (Å²) in [4.78, 5) is 17.2. The van der Waals surface area contributed by atoms with Crippen molar-refractivity contribution in [1.29, 1.82) is 0 Å². The molecule has 1 amide bonds. The van der Waals surface area contributed by atoms with E-state index in [2.05, 4.69) is 31.1 Å². The van der Waals surface area contributed by atoms with Gasteiger partial charge in [0, 0.05) is 11.9 Å². The number of amides is 1. The zero-order chi connectivity index (χ0) is 13.1. The van der Waals surface area contributed by atoms with Gasteiger partial charge in [-0.3, -0.25) is 20.9 Å². The lowest BCUT2D eigenvalue weighted by atomic mass is 10.2. The van der Waals surface area contributed by atoms with E-state index in [1.54, 1.807) is 20.0 Å². The summed E-state index contributed by atoms with van der Waals surface area (Å²) in [5.41, 5.74) is 3.97. The molecule has 0 atom stereocenters. The lowest BCUT2D eigenvalue weighted by Gasteiger charge is -2.07. The number of anilines is 2. The Kier molecular flexibility index (Phi) is 3.15. The molecule has 0 saturated heterocycles. The molecule has 9 heteroatoms. The number of rotatable bonds is 3. The highest BCUT2D eigenvalue weighted by molar-refractivity contribution is 6.06. The zero-order valence-electron chi connectivity index (χ0n) is 9.88. The molecule has 0 unspecified atom stereocenters. The number of nitrogen functional groups attached to an aromatic ring is 1. The number of pyridine rings is 1. The number of nitrogens with zero attached hydrogens (tertiary/aromatic N) is 5. The number of hydrogen-bond donors (Lipinski definition) is 3. The van der Waals surface area contributed by atoms with Crippen molar-refractivity contribution in [2.75, 3.05) is 10.7 Å². The highest BCUT2D eigenvalue weighted by atomic mass is 16.1. The zero-order valence-corrected chi connectivity index (χ0v) is 9.88. The van der Waals surface area contributed by atoms with Crippen LogP contribution in [0.2, 0.25) is 0 Å². The molecule has 0 aromatic carbocycles. The van der Waals surface area contributed by atoms with Crippen LogP contribution in [0.5, 0.6) is 0 Å². The average molecular weight is 248 g/mol. The maximum atomic E-state index is 12.0. The number of carbonyl (C=O) groups is 1. The molecule has 9 nitrogen and oxygen atoms in total. The third-order valence-corrected chi connectivity index (χ3v) is 2.17. The maximum Gasteiger partial charge on any atom is 0.270 e. The maximum absolute atomic E-state index is 12.0. The summed E-state index contributed by atoms with van der Waals surface area (Å²) in [5, 5.41) is 13.6. The molecule has 18 heavy (non-hydrogen) atoms. The van der Waals surface area contributed by atoms with Gasteiger partial charge in [0.25, 0.3) is 11.9 Å². The van der Waals surface area contributed by atoms with Crippen molar-refractivity contribution in [3.05, 3.63) is 23.5 Å². The van der Waals surface area contributed by atoms with Gasteiger partial charge in [-0.05, 0) is 18.2 Å². The molecule has 4 N–H and O–H groups in total. The molecule has 0 fully saturated rings. The van der Waals surface area contributed by atoms with Gasteiger partial charge < -0.3 is 5.43 Å². The van der Waals surface area contributed by atoms with Gasteiger partial charge in [0.1, 0.15) is 0 Å². The molecular formula is C9H12N8O. The van der Waals surface area contributed by atoms with Crippen LogP contribution < -0.4 is 16.6 Å². The predicted octanol–water partition coefficient (Wildman–Crippen LogP) is -0.549. The molecule has 2 heterocycles. The van der Waals surface area contributed by atoms with E-state index in [1.165, 1.54) is 11.0 Å². The summed E-state index contributed by atoms with van der Waals surface area (Å²) in [7, 11) is 1.60. The molecule has 0 aliphatic rings. The Morgan fingerprint density at radius 3 is 2.89 bits per heavy atom. The van der Waals surface area contributed by atoms with E-state index in [9.17, 15) is 4.79 Å². The summed E-state index contributed by atoms with van der Waals surface area (Å²) >= 11 is 0. The number of hydrogen-bond acceptors (Lipinski definition) is 7. The van der Waals surface area contributed by atoms with Crippen molar-refractivity contribution < 1.29 is 4.79 Å². The lowest BCUT2D eigenvalue weighted by molar-refractivity contribution is 0.102. The minimum absolute atomic E-state index is 0.117. The number of aryl methyl sites for hydroxylation is 2. The van der Waals surface area contributed by atoms with Crippen molar-refractivity contribution in [3.8, 4) is 0 Å². The summed E-state index contributed by atoms with van der Waals surface area (Å²) in [6.45, 7) is 1.80. The molecule has 0 aliphatic heterocycles. The monoisotopic (exact) mass is 248 g/mol. The molecule has 0 aliphatic carbocycles. The molecule has 0 bridgehead atoms. The first-order chi connectivity index (χ1) is 8.60. The Hall–Kier alpha value is -2.55. The van der Waals surface area contributed by atoms with Gasteiger partial charge >= 0.3 is 0 Å². The summed E-state index contributed by atoms with van der Waals surface area (Å²) in [6.07, 6.45) is 1.43. The van der Waals surface area contributed by atoms with E-state index in [1.807, 2.05) is 0 Å². The van der Waals surface area contributed by atoms with Crippen molar-refractivity contribution in [2.45, 2.75) is 6.92 Å². The molecule has 0 radical (unpaired) electrons. The van der Waals surface area contributed by atoms with E-state index >= 15 is 0 Å². The molecule has 2 rings (SSSR count). The number of nitrogens with two attached hydrogens (primary N) is 1. The summed E-state index contributed by atoms with van der Waals surface area (Å²) in [6, 6.07) is 1.67. The van der Waals surface area contributed by atoms with Gasteiger partial charge in [0.15, 0.2) is 0 Å². The molecule has 94 valence electrons. The van der Waals surface area contributed by atoms with E-state index < -0.39 is 5.91 Å². The van der Waals surface area contributed by atoms with Crippen molar-refractivity contribution in [2.24, 2.45) is 12.9 Å². The topological polar surface area (TPSA) is 124 Å². The van der Waals surface area contributed by atoms with E-state index in [0.717, 1.165) is 5.69 Å². The fraction of sp³-hybridized carbons (Fsp3) is 0.222. The minimum atomic E-state index is -0.413. The highest BCUT2D eigenvalue weighted by Gasteiger charge is 2.14. The smallest absolute Gasteiger partial charge is 0.270 e. The van der Waals surface area contributed by atoms with E-state index in [4.69, 9.17) is 5.84 Å². The molecule has 2 aromatic heterocycles. The third-order valence-electron chi connectivity index (χ3n) is 2.17. The first kappa shape index (κ1) is 11.9. The molecule has 0 saturated carbocycles. The van der Waals surface area contributed by atoms with Crippen LogP contribution in [0.4, 0.5) is 11.6 Å². The van der Waals surface area contributed by atoms with Crippen LogP contribution in [0.15, 0.2) is 12.3 Å². The van der Waals surface area contributed by atoms with E-state index in [0.29, 0.717) is 11.3 Å². The molecular weight excluding hydrogens is 236 g/mol. The Balaban J connectivity index is 2.23. The standard InChI is InChI=1S/C9H12N8O/c1-5-3-7(13-10)6(4-11-5)8(18)12-9-14-16-17(2)15-9/h3-4H,10H2,1-2H3,(H,11,13)(H,12,15,18). The van der Waals surface area contributed by atoms with Crippen LogP contribution in [-0.4, -0.2) is 31.1 Å². The normalized spacial score (nSPS) is 10.2. The first-order valence-electron chi connectivity index (χ1n) is 5.09. The van der Waals surface area contributed by atoms with Crippen molar-refractivity contribution >= 4 is 17.5 Å². The van der Waals surface area contributed by atoms with Crippen molar-refractivity contribution in [1.82, 2.24) is 25.2 Å². The number of carbonyl (C=O) groups excluding carboxylic acids is 1. The SMILES string of the molecule is Cc1cc(NN)c(C(=O)Nc2nnn(C)n2)cn1. The number of aromatic nitrogens is 5. The van der Waals surface area contributed by atoms with Crippen LogP contribution in [0.3, 0.4) is 0 Å². The second-order valence-corrected chi connectivity index (χ2v) is 3.57. The number of nitrogens with one attached hydrogen (secondary N) is 2. The Labute approximate surface area is 102 Å². The lowest BCUT2D eigenvalue weighted by Crippen LogP contribution is -2.18. The van der Waals surface area contributed by atoms with Crippen LogP contribution in [0.1, 0.15) is 16.1 Å². The number of hydrazine groups is 1. The molecule has 0 spiro atoms. The third kappa shape index (κ3) is 2.40. The van der Waals surface area contributed by atoms with Gasteiger partial charge in [0.05, 0.1) is 18.3 Å². The van der Waals surface area contributed by atoms with Gasteiger partial charge in [-0.25, -0.2) is 0 Å². The number of tetrazole rings is 1. The average Bonchev–Trinajstić information content (AvgIpc) is 2.74. The Morgan fingerprint density at radius 2 is 2.28 bits per heavy atom. The fourth-order valence-electron chi connectivity index (χ4n) is 1.36. The van der Waals surface area contributed by atoms with Crippen molar-refractivity contribution in [3.63, 3.8) is 0 Å². The highest BCUT2D eigenvalue weighted by Crippen LogP contribution is 2.15. The minimum Gasteiger partial charge on any atom is -0.323 e. The molecule has 2 aromatic rings. The van der Waals surface area contributed by atoms with Gasteiger partial charge in [0.2, 0.25) is 0 Å². The van der Waals surface area contributed by atoms with Crippen LogP contribution in [0.25, 0.3) is 0 Å². The quantitative estimate of drug-likeness (QED) is 0.491. The fourth-order valence-corrected chi connectivity index (χ4v) is 1.36. The van der Waals surface area contributed by atoms with E-state index in [-0.39, 0.29) is 5.95 Å². The Bertz CT molecular complexity index is 578. The summed E-state index contributed by atoms with van der Waals surface area (Å²) < 4.78 is 0. The summed E-state index contributed by atoms with van der Waals surface area (Å²) in [5.74, 6) is 5.05. The largest absolute Gasteiger partial charge is 0.323 e. The second kappa shape index (κ2) is 4.75. The first-order valence-corrected chi connectivity index (χ1v) is 5.09. The predicted molar refractivity (Wildman–Crippen MR) is 63.5 cm³/mol. The van der Waals surface area contributed by atoms with Crippen LogP contribution in [0, 0.1) is 6.92 Å². The van der Waals surface area contributed by atoms with Crippen LogP contribution >= 0.6 is 0 Å².